The van der Waals surface area contributed by atoms with Crippen molar-refractivity contribution in [3.8, 4) is 10.4 Å². The number of nitrogens with zero attached hydrogens (tertiary/aromatic N) is 1. The average molecular weight is 338 g/mol. The summed E-state index contributed by atoms with van der Waals surface area (Å²) in [6.07, 6.45) is 0. The third kappa shape index (κ3) is 4.01. The Bertz CT molecular complexity index is 645. The molecule has 2 atom stereocenters. The topological polar surface area (TPSA) is 62.2 Å². The summed E-state index contributed by atoms with van der Waals surface area (Å²) in [6.45, 7) is 7.60. The van der Waals surface area contributed by atoms with E-state index in [4.69, 9.17) is 0 Å². The molecule has 6 heteroatoms. The third-order valence-corrected chi connectivity index (χ3v) is 5.90. The van der Waals surface area contributed by atoms with Crippen molar-refractivity contribution < 1.29 is 9.32 Å². The molecule has 0 aliphatic carbocycles. The van der Waals surface area contributed by atoms with E-state index in [2.05, 4.69) is 9.71 Å². The number of aliphatic hydroxyl groups excluding tert-OH is 1. The number of thiazole rings is 1. The summed E-state index contributed by atoms with van der Waals surface area (Å²) in [6, 6.07) is 7.61. The summed E-state index contributed by atoms with van der Waals surface area (Å²) in [5.74, 6) is 0. The number of hydrogen-bond acceptors (Lipinski definition) is 4. The summed E-state index contributed by atoms with van der Waals surface area (Å²) in [5.41, 5.74) is 4.88. The van der Waals surface area contributed by atoms with E-state index in [9.17, 15) is 9.32 Å². The van der Waals surface area contributed by atoms with Crippen LogP contribution in [0.2, 0.25) is 0 Å². The third-order valence-electron chi connectivity index (χ3n) is 3.31. The highest BCUT2D eigenvalue weighted by Gasteiger charge is 2.23. The standard InChI is InChI=1S/C16H22N2O2S2/c1-11-15(21-10-17-11)13-7-5-12(6-8-13)14(9-19)18-22(20)16(2,3)4/h5-8,10,14,18-19H,9H2,1-4H3/t14-,22?/m0/s1. The number of aromatic nitrogens is 1. The van der Waals surface area contributed by atoms with Crippen molar-refractivity contribution >= 4 is 22.3 Å². The number of benzene rings is 1. The molecule has 0 saturated carbocycles. The van der Waals surface area contributed by atoms with E-state index in [1.165, 1.54) is 0 Å². The number of rotatable bonds is 5. The molecule has 0 saturated heterocycles. The van der Waals surface area contributed by atoms with Crippen LogP contribution in [-0.2, 0) is 11.0 Å². The molecule has 2 N–H and O–H groups in total. The molecular formula is C16H22N2O2S2. The Morgan fingerprint density at radius 1 is 1.32 bits per heavy atom. The Morgan fingerprint density at radius 2 is 1.95 bits per heavy atom. The van der Waals surface area contributed by atoms with Gasteiger partial charge in [0.25, 0.3) is 0 Å². The van der Waals surface area contributed by atoms with E-state index >= 15 is 0 Å². The zero-order valence-electron chi connectivity index (χ0n) is 13.3. The lowest BCUT2D eigenvalue weighted by Gasteiger charge is -2.23. The van der Waals surface area contributed by atoms with Crippen LogP contribution in [0.4, 0.5) is 0 Å². The zero-order chi connectivity index (χ0) is 16.3. The second-order valence-corrected chi connectivity index (χ2v) is 8.98. The van der Waals surface area contributed by atoms with Gasteiger partial charge in [0.15, 0.2) is 0 Å². The first-order valence-electron chi connectivity index (χ1n) is 7.12. The summed E-state index contributed by atoms with van der Waals surface area (Å²) in [5, 5.41) is 9.59. The fourth-order valence-corrected chi connectivity index (χ4v) is 3.60. The molecular weight excluding hydrogens is 316 g/mol. The van der Waals surface area contributed by atoms with Gasteiger partial charge in [0.1, 0.15) is 0 Å². The van der Waals surface area contributed by atoms with Gasteiger partial charge < -0.3 is 5.11 Å². The Morgan fingerprint density at radius 3 is 2.41 bits per heavy atom. The SMILES string of the molecule is Cc1ncsc1-c1ccc([C@H](CO)NS(=O)C(C)(C)C)cc1. The van der Waals surface area contributed by atoms with Crippen molar-refractivity contribution in [2.45, 2.75) is 38.5 Å². The highest BCUT2D eigenvalue weighted by Crippen LogP contribution is 2.28. The minimum Gasteiger partial charge on any atom is -0.394 e. The number of hydrogen-bond donors (Lipinski definition) is 2. The van der Waals surface area contributed by atoms with Gasteiger partial charge in [-0.3, -0.25) is 0 Å². The van der Waals surface area contributed by atoms with Crippen molar-refractivity contribution in [3.63, 3.8) is 0 Å². The van der Waals surface area contributed by atoms with Crippen LogP contribution in [0.1, 0.15) is 38.1 Å². The van der Waals surface area contributed by atoms with Gasteiger partial charge in [-0.15, -0.1) is 11.3 Å². The predicted molar refractivity (Wildman–Crippen MR) is 93.1 cm³/mol. The molecule has 0 spiro atoms. The Labute approximate surface area is 138 Å². The second-order valence-electron chi connectivity index (χ2n) is 6.12. The maximum Gasteiger partial charge on any atom is 0.0976 e. The van der Waals surface area contributed by atoms with E-state index in [0.717, 1.165) is 21.7 Å². The molecule has 2 aromatic rings. The van der Waals surface area contributed by atoms with Gasteiger partial charge in [-0.05, 0) is 38.8 Å². The zero-order valence-corrected chi connectivity index (χ0v) is 14.9. The summed E-state index contributed by atoms with van der Waals surface area (Å²) < 4.78 is 14.8. The normalized spacial score (nSPS) is 14.8. The quantitative estimate of drug-likeness (QED) is 0.880. The van der Waals surface area contributed by atoms with E-state index in [1.54, 1.807) is 11.3 Å². The maximum absolute atomic E-state index is 12.2. The molecule has 2 rings (SSSR count). The van der Waals surface area contributed by atoms with Crippen LogP contribution in [0.25, 0.3) is 10.4 Å². The first-order chi connectivity index (χ1) is 10.3. The van der Waals surface area contributed by atoms with E-state index < -0.39 is 11.0 Å². The summed E-state index contributed by atoms with van der Waals surface area (Å²) in [7, 11) is -1.22. The lowest BCUT2D eigenvalue weighted by molar-refractivity contribution is 0.260. The van der Waals surface area contributed by atoms with Crippen molar-refractivity contribution in [2.75, 3.05) is 6.61 Å². The van der Waals surface area contributed by atoms with Crippen LogP contribution < -0.4 is 4.72 Å². The van der Waals surface area contributed by atoms with Crippen LogP contribution >= 0.6 is 11.3 Å². The molecule has 120 valence electrons. The van der Waals surface area contributed by atoms with E-state index in [0.29, 0.717) is 0 Å². The first-order valence-corrected chi connectivity index (χ1v) is 9.15. The van der Waals surface area contributed by atoms with E-state index in [1.807, 2.05) is 57.5 Å². The Kier molecular flexibility index (Phi) is 5.50. The van der Waals surface area contributed by atoms with Gasteiger partial charge in [-0.25, -0.2) is 13.9 Å². The average Bonchev–Trinajstić information content (AvgIpc) is 2.90. The van der Waals surface area contributed by atoms with Crippen LogP contribution in [0.3, 0.4) is 0 Å². The molecule has 4 nitrogen and oxygen atoms in total. The molecule has 1 aromatic heterocycles. The van der Waals surface area contributed by atoms with Crippen molar-refractivity contribution in [1.82, 2.24) is 9.71 Å². The fraction of sp³-hybridized carbons (Fsp3) is 0.438. The largest absolute Gasteiger partial charge is 0.394 e. The minimum atomic E-state index is -1.22. The molecule has 0 aliphatic heterocycles. The van der Waals surface area contributed by atoms with Crippen LogP contribution in [0.15, 0.2) is 29.8 Å². The molecule has 0 bridgehead atoms. The lowest BCUT2D eigenvalue weighted by atomic mass is 10.0. The molecule has 0 radical (unpaired) electrons. The molecule has 1 aromatic carbocycles. The van der Waals surface area contributed by atoms with Gasteiger partial charge in [0, 0.05) is 0 Å². The van der Waals surface area contributed by atoms with Crippen molar-refractivity contribution in [3.05, 3.63) is 41.0 Å². The smallest absolute Gasteiger partial charge is 0.0976 e. The minimum absolute atomic E-state index is 0.0965. The highest BCUT2D eigenvalue weighted by atomic mass is 32.2. The predicted octanol–water partition coefficient (Wildman–Crippen LogP) is 3.20. The second kappa shape index (κ2) is 7.00. The molecule has 0 amide bonds. The molecule has 22 heavy (non-hydrogen) atoms. The highest BCUT2D eigenvalue weighted by molar-refractivity contribution is 7.84. The van der Waals surface area contributed by atoms with Crippen LogP contribution in [-0.4, -0.2) is 25.7 Å². The number of aliphatic hydroxyl groups is 1. The van der Waals surface area contributed by atoms with Crippen LogP contribution in [0, 0.1) is 6.92 Å². The first kappa shape index (κ1) is 17.3. The summed E-state index contributed by atoms with van der Waals surface area (Å²) in [4.78, 5) is 5.41. The maximum atomic E-state index is 12.2. The molecule has 1 unspecified atom stereocenters. The van der Waals surface area contributed by atoms with Crippen molar-refractivity contribution in [2.24, 2.45) is 0 Å². The van der Waals surface area contributed by atoms with Crippen molar-refractivity contribution in [1.29, 1.82) is 0 Å². The lowest BCUT2D eigenvalue weighted by Crippen LogP contribution is -2.37. The monoisotopic (exact) mass is 338 g/mol. The molecule has 0 fully saturated rings. The number of nitrogens with one attached hydrogen (secondary N) is 1. The van der Waals surface area contributed by atoms with Crippen LogP contribution in [0.5, 0.6) is 0 Å². The molecule has 0 aliphatic rings. The number of aryl methyl sites for hydroxylation is 1. The Hall–Kier alpha value is -1.08. The van der Waals surface area contributed by atoms with Gasteiger partial charge in [-0.2, -0.15) is 0 Å². The molecule has 1 heterocycles. The summed E-state index contributed by atoms with van der Waals surface area (Å²) >= 11 is 1.61. The fourth-order valence-electron chi connectivity index (χ4n) is 1.96. The Balaban J connectivity index is 2.18. The van der Waals surface area contributed by atoms with E-state index in [-0.39, 0.29) is 17.4 Å². The van der Waals surface area contributed by atoms with Gasteiger partial charge >= 0.3 is 0 Å². The van der Waals surface area contributed by atoms with Gasteiger partial charge in [-0.1, -0.05) is 24.3 Å². The van der Waals surface area contributed by atoms with Gasteiger partial charge in [0.2, 0.25) is 0 Å². The van der Waals surface area contributed by atoms with Gasteiger partial charge in [0.05, 0.1) is 44.5 Å².